The first kappa shape index (κ1) is 14.2. The normalized spacial score (nSPS) is 10.8. The molecule has 6 heteroatoms. The SMILES string of the molecule is COc1ccc(/C=N/c2nc(Nc3ccccn3)cs2)cc1. The van der Waals surface area contributed by atoms with E-state index in [4.69, 9.17) is 4.74 Å². The molecule has 0 saturated carbocycles. The lowest BCUT2D eigenvalue weighted by Crippen LogP contribution is -1.91. The zero-order valence-corrected chi connectivity index (χ0v) is 12.7. The minimum atomic E-state index is 0.689. The van der Waals surface area contributed by atoms with Gasteiger partial charge in [-0.15, -0.1) is 11.3 Å². The van der Waals surface area contributed by atoms with E-state index in [9.17, 15) is 0 Å². The molecular weight excluding hydrogens is 296 g/mol. The van der Waals surface area contributed by atoms with Crippen molar-refractivity contribution in [3.63, 3.8) is 0 Å². The standard InChI is InChI=1S/C16H14N4OS/c1-21-13-7-5-12(6-8-13)10-18-16-20-15(11-22-16)19-14-4-2-3-9-17-14/h2-11H,1H3,(H,17,19)/b18-10+. The molecule has 1 aromatic carbocycles. The van der Waals surface area contributed by atoms with Gasteiger partial charge < -0.3 is 10.1 Å². The molecule has 5 nitrogen and oxygen atoms in total. The molecule has 2 aromatic heterocycles. The Kier molecular flexibility index (Phi) is 4.41. The summed E-state index contributed by atoms with van der Waals surface area (Å²) < 4.78 is 5.12. The molecule has 0 amide bonds. The van der Waals surface area contributed by atoms with Crippen molar-refractivity contribution in [2.75, 3.05) is 12.4 Å². The lowest BCUT2D eigenvalue weighted by atomic mass is 10.2. The largest absolute Gasteiger partial charge is 0.497 e. The van der Waals surface area contributed by atoms with Gasteiger partial charge in [-0.2, -0.15) is 0 Å². The van der Waals surface area contributed by atoms with Crippen LogP contribution in [0.1, 0.15) is 5.56 Å². The molecule has 0 unspecified atom stereocenters. The van der Waals surface area contributed by atoms with E-state index < -0.39 is 0 Å². The molecule has 0 aliphatic carbocycles. The maximum absolute atomic E-state index is 5.12. The zero-order valence-electron chi connectivity index (χ0n) is 11.9. The Bertz CT molecular complexity index is 753. The summed E-state index contributed by atoms with van der Waals surface area (Å²) >= 11 is 1.47. The van der Waals surface area contributed by atoms with Gasteiger partial charge >= 0.3 is 0 Å². The van der Waals surface area contributed by atoms with Gasteiger partial charge in [0.15, 0.2) is 0 Å². The summed E-state index contributed by atoms with van der Waals surface area (Å²) in [6.07, 6.45) is 3.51. The van der Waals surface area contributed by atoms with Gasteiger partial charge in [-0.3, -0.25) is 0 Å². The first-order valence-electron chi connectivity index (χ1n) is 6.65. The Morgan fingerprint density at radius 1 is 1.14 bits per heavy atom. The Labute approximate surface area is 132 Å². The van der Waals surface area contributed by atoms with E-state index in [1.807, 2.05) is 47.8 Å². The van der Waals surface area contributed by atoms with E-state index in [0.29, 0.717) is 5.13 Å². The van der Waals surface area contributed by atoms with E-state index in [1.165, 1.54) is 11.3 Å². The predicted octanol–water partition coefficient (Wildman–Crippen LogP) is 4.04. The maximum atomic E-state index is 5.12. The number of benzene rings is 1. The van der Waals surface area contributed by atoms with Gasteiger partial charge in [-0.1, -0.05) is 6.07 Å². The number of ether oxygens (including phenoxy) is 1. The van der Waals surface area contributed by atoms with Crippen LogP contribution in [0.4, 0.5) is 16.8 Å². The quantitative estimate of drug-likeness (QED) is 0.722. The molecule has 0 bridgehead atoms. The summed E-state index contributed by atoms with van der Waals surface area (Å²) in [4.78, 5) is 13.0. The predicted molar refractivity (Wildman–Crippen MR) is 89.9 cm³/mol. The number of methoxy groups -OCH3 is 1. The van der Waals surface area contributed by atoms with E-state index in [1.54, 1.807) is 19.5 Å². The second-order valence-electron chi connectivity index (χ2n) is 4.39. The fourth-order valence-electron chi connectivity index (χ4n) is 1.77. The highest BCUT2D eigenvalue weighted by Gasteiger charge is 2.01. The number of aromatic nitrogens is 2. The average Bonchev–Trinajstić information content (AvgIpc) is 3.02. The molecule has 0 aliphatic rings. The number of hydrogen-bond donors (Lipinski definition) is 1. The summed E-state index contributed by atoms with van der Waals surface area (Å²) in [5.74, 6) is 2.33. The van der Waals surface area contributed by atoms with Crippen molar-refractivity contribution in [1.29, 1.82) is 0 Å². The van der Waals surface area contributed by atoms with Crippen LogP contribution in [0.3, 0.4) is 0 Å². The average molecular weight is 310 g/mol. The summed E-state index contributed by atoms with van der Waals surface area (Å²) in [6, 6.07) is 13.4. The molecule has 1 N–H and O–H groups in total. The number of nitrogens with one attached hydrogen (secondary N) is 1. The van der Waals surface area contributed by atoms with Gasteiger partial charge in [0.1, 0.15) is 17.4 Å². The van der Waals surface area contributed by atoms with Gasteiger partial charge in [0.05, 0.1) is 7.11 Å². The fourth-order valence-corrected chi connectivity index (χ4v) is 2.36. The fraction of sp³-hybridized carbons (Fsp3) is 0.0625. The highest BCUT2D eigenvalue weighted by molar-refractivity contribution is 7.13. The molecule has 110 valence electrons. The molecule has 0 spiro atoms. The number of aliphatic imine (C=N–C) groups is 1. The Hall–Kier alpha value is -2.73. The van der Waals surface area contributed by atoms with Crippen LogP contribution in [0.15, 0.2) is 59.0 Å². The second kappa shape index (κ2) is 6.82. The monoisotopic (exact) mass is 310 g/mol. The minimum absolute atomic E-state index is 0.689. The summed E-state index contributed by atoms with van der Waals surface area (Å²) in [7, 11) is 1.65. The van der Waals surface area contributed by atoms with Crippen molar-refractivity contribution in [2.45, 2.75) is 0 Å². The van der Waals surface area contributed by atoms with Crippen LogP contribution >= 0.6 is 11.3 Å². The minimum Gasteiger partial charge on any atom is -0.497 e. The number of rotatable bonds is 5. The van der Waals surface area contributed by atoms with Crippen molar-refractivity contribution in [2.24, 2.45) is 4.99 Å². The molecule has 0 radical (unpaired) electrons. The van der Waals surface area contributed by atoms with Gasteiger partial charge in [0.2, 0.25) is 5.13 Å². The van der Waals surface area contributed by atoms with E-state index in [2.05, 4.69) is 20.3 Å². The Morgan fingerprint density at radius 3 is 2.73 bits per heavy atom. The summed E-state index contributed by atoms with van der Waals surface area (Å²) in [5, 5.41) is 5.74. The summed E-state index contributed by atoms with van der Waals surface area (Å²) in [5.41, 5.74) is 0.996. The van der Waals surface area contributed by atoms with Crippen LogP contribution in [-0.4, -0.2) is 23.3 Å². The zero-order chi connectivity index (χ0) is 15.2. The number of anilines is 2. The number of hydrogen-bond acceptors (Lipinski definition) is 6. The second-order valence-corrected chi connectivity index (χ2v) is 5.22. The number of thiazole rings is 1. The van der Waals surface area contributed by atoms with Gasteiger partial charge in [-0.25, -0.2) is 15.0 Å². The highest BCUT2D eigenvalue weighted by atomic mass is 32.1. The molecule has 22 heavy (non-hydrogen) atoms. The van der Waals surface area contributed by atoms with Crippen molar-refractivity contribution in [3.05, 3.63) is 59.6 Å². The van der Waals surface area contributed by atoms with Crippen LogP contribution in [0, 0.1) is 0 Å². The van der Waals surface area contributed by atoms with Crippen molar-refractivity contribution in [3.8, 4) is 5.75 Å². The molecule has 0 atom stereocenters. The maximum Gasteiger partial charge on any atom is 0.211 e. The third-order valence-corrected chi connectivity index (χ3v) is 3.60. The number of pyridine rings is 1. The smallest absolute Gasteiger partial charge is 0.211 e. The van der Waals surface area contributed by atoms with Crippen molar-refractivity contribution < 1.29 is 4.74 Å². The topological polar surface area (TPSA) is 59.4 Å². The van der Waals surface area contributed by atoms with Gasteiger partial charge in [-0.05, 0) is 42.0 Å². The molecule has 0 saturated heterocycles. The third kappa shape index (κ3) is 3.67. The van der Waals surface area contributed by atoms with Crippen LogP contribution in [0.25, 0.3) is 0 Å². The molecule has 2 heterocycles. The third-order valence-electron chi connectivity index (χ3n) is 2.85. The molecule has 0 aliphatic heterocycles. The molecule has 3 rings (SSSR count). The Balaban J connectivity index is 1.67. The van der Waals surface area contributed by atoms with E-state index >= 15 is 0 Å². The Morgan fingerprint density at radius 2 is 2.00 bits per heavy atom. The molecule has 0 fully saturated rings. The lowest BCUT2D eigenvalue weighted by Gasteiger charge is -1.99. The van der Waals surface area contributed by atoms with Crippen LogP contribution < -0.4 is 10.1 Å². The first-order chi connectivity index (χ1) is 10.8. The van der Waals surface area contributed by atoms with Crippen LogP contribution in [0.5, 0.6) is 5.75 Å². The van der Waals surface area contributed by atoms with Gasteiger partial charge in [0.25, 0.3) is 0 Å². The summed E-state index contributed by atoms with van der Waals surface area (Å²) in [6.45, 7) is 0. The number of nitrogens with zero attached hydrogens (tertiary/aromatic N) is 3. The van der Waals surface area contributed by atoms with E-state index in [0.717, 1.165) is 22.9 Å². The van der Waals surface area contributed by atoms with Crippen molar-refractivity contribution >= 4 is 34.3 Å². The van der Waals surface area contributed by atoms with Crippen LogP contribution in [0.2, 0.25) is 0 Å². The lowest BCUT2D eigenvalue weighted by molar-refractivity contribution is 0.415. The first-order valence-corrected chi connectivity index (χ1v) is 7.53. The molecule has 3 aromatic rings. The molecular formula is C16H14N4OS. The van der Waals surface area contributed by atoms with Crippen LogP contribution in [-0.2, 0) is 0 Å². The van der Waals surface area contributed by atoms with Gasteiger partial charge in [0, 0.05) is 17.8 Å². The van der Waals surface area contributed by atoms with Crippen molar-refractivity contribution in [1.82, 2.24) is 9.97 Å². The van der Waals surface area contributed by atoms with E-state index in [-0.39, 0.29) is 0 Å². The highest BCUT2D eigenvalue weighted by Crippen LogP contribution is 2.24.